The van der Waals surface area contributed by atoms with Gasteiger partial charge in [0.2, 0.25) is 0 Å². The van der Waals surface area contributed by atoms with Crippen LogP contribution >= 0.6 is 0 Å². The molecule has 3 rings (SSSR count). The highest BCUT2D eigenvalue weighted by molar-refractivity contribution is 5.33. The minimum Gasteiger partial charge on any atom is -0.462 e. The summed E-state index contributed by atoms with van der Waals surface area (Å²) in [4.78, 5) is 2.19. The van der Waals surface area contributed by atoms with Gasteiger partial charge >= 0.3 is 6.36 Å². The van der Waals surface area contributed by atoms with Gasteiger partial charge in [0, 0.05) is 26.2 Å². The maximum Gasteiger partial charge on any atom is 0.573 e. The van der Waals surface area contributed by atoms with E-state index in [1.165, 1.54) is 12.1 Å². The molecule has 0 radical (unpaired) electrons. The number of ether oxygens (including phenoxy) is 1. The molecule has 8 heteroatoms. The molecule has 2 aromatic rings. The minimum atomic E-state index is -4.71. The largest absolute Gasteiger partial charge is 0.573 e. The van der Waals surface area contributed by atoms with Crippen molar-refractivity contribution in [2.24, 2.45) is 0 Å². The molecule has 0 saturated carbocycles. The quantitative estimate of drug-likeness (QED) is 0.863. The number of hydrogen-bond donors (Lipinski definition) is 2. The Labute approximate surface area is 143 Å². The van der Waals surface area contributed by atoms with Crippen molar-refractivity contribution >= 4 is 0 Å². The van der Waals surface area contributed by atoms with Crippen LogP contribution in [0.1, 0.15) is 23.1 Å². The van der Waals surface area contributed by atoms with Gasteiger partial charge < -0.3 is 19.6 Å². The number of aliphatic hydroxyl groups is 1. The average Bonchev–Trinajstić information content (AvgIpc) is 3.05. The smallest absolute Gasteiger partial charge is 0.462 e. The molecule has 0 amide bonds. The molecule has 1 aromatic carbocycles. The molecule has 136 valence electrons. The highest BCUT2D eigenvalue weighted by Gasteiger charge is 2.31. The average molecular weight is 356 g/mol. The first-order valence-electron chi connectivity index (χ1n) is 7.96. The van der Waals surface area contributed by atoms with Crippen molar-refractivity contribution in [1.82, 2.24) is 10.2 Å². The molecule has 0 bridgehead atoms. The predicted octanol–water partition coefficient (Wildman–Crippen LogP) is 2.67. The van der Waals surface area contributed by atoms with E-state index in [9.17, 15) is 18.3 Å². The Morgan fingerprint density at radius 2 is 1.80 bits per heavy atom. The van der Waals surface area contributed by atoms with E-state index in [-0.39, 0.29) is 18.4 Å². The summed E-state index contributed by atoms with van der Waals surface area (Å²) in [7, 11) is 0. The van der Waals surface area contributed by atoms with Crippen molar-refractivity contribution in [1.29, 1.82) is 0 Å². The number of halogens is 3. The van der Waals surface area contributed by atoms with Crippen molar-refractivity contribution in [3.63, 3.8) is 0 Å². The topological polar surface area (TPSA) is 57.9 Å². The second-order valence-corrected chi connectivity index (χ2v) is 5.77. The lowest BCUT2D eigenvalue weighted by Gasteiger charge is -2.34. The number of alkyl halides is 3. The summed E-state index contributed by atoms with van der Waals surface area (Å²) in [5.41, 5.74) is 0.801. The van der Waals surface area contributed by atoms with Crippen LogP contribution in [0.3, 0.4) is 0 Å². The van der Waals surface area contributed by atoms with E-state index in [2.05, 4.69) is 15.0 Å². The van der Waals surface area contributed by atoms with Crippen LogP contribution in [0.25, 0.3) is 0 Å². The van der Waals surface area contributed by atoms with Crippen molar-refractivity contribution in [3.8, 4) is 5.75 Å². The summed E-state index contributed by atoms with van der Waals surface area (Å²) in [6.07, 6.45) is -4.71. The Bertz CT molecular complexity index is 679. The highest BCUT2D eigenvalue weighted by Crippen LogP contribution is 2.32. The van der Waals surface area contributed by atoms with Crippen LogP contribution in [-0.4, -0.2) is 42.5 Å². The monoisotopic (exact) mass is 356 g/mol. The van der Waals surface area contributed by atoms with Gasteiger partial charge in [-0.3, -0.25) is 4.90 Å². The third-order valence-corrected chi connectivity index (χ3v) is 4.05. The molecule has 1 fully saturated rings. The SMILES string of the molecule is OCc1ccc([C@H](c2ccc(OC(F)(F)F)cc2)N2CCNCC2)o1. The zero-order valence-corrected chi connectivity index (χ0v) is 13.4. The second kappa shape index (κ2) is 7.47. The molecule has 1 aliphatic heterocycles. The molecule has 1 saturated heterocycles. The number of hydrogen-bond acceptors (Lipinski definition) is 5. The Kier molecular flexibility index (Phi) is 5.31. The molecule has 5 nitrogen and oxygen atoms in total. The molecule has 25 heavy (non-hydrogen) atoms. The molecule has 0 spiro atoms. The Balaban J connectivity index is 1.88. The minimum absolute atomic E-state index is 0.202. The van der Waals surface area contributed by atoms with E-state index < -0.39 is 6.36 Å². The van der Waals surface area contributed by atoms with E-state index in [1.807, 2.05) is 0 Å². The van der Waals surface area contributed by atoms with Crippen LogP contribution in [0, 0.1) is 0 Å². The van der Waals surface area contributed by atoms with Crippen LogP contribution in [0.4, 0.5) is 13.2 Å². The summed E-state index contributed by atoms with van der Waals surface area (Å²) < 4.78 is 46.6. The molecule has 1 aromatic heterocycles. The number of piperazine rings is 1. The van der Waals surface area contributed by atoms with Crippen molar-refractivity contribution < 1.29 is 27.4 Å². The van der Waals surface area contributed by atoms with Gasteiger partial charge in [-0.05, 0) is 29.8 Å². The van der Waals surface area contributed by atoms with E-state index >= 15 is 0 Å². The molecular weight excluding hydrogens is 337 g/mol. The van der Waals surface area contributed by atoms with Crippen LogP contribution in [0.5, 0.6) is 5.75 Å². The van der Waals surface area contributed by atoms with Gasteiger partial charge in [0.25, 0.3) is 0 Å². The summed E-state index contributed by atoms with van der Waals surface area (Å²) >= 11 is 0. The summed E-state index contributed by atoms with van der Waals surface area (Å²) in [5.74, 6) is 0.841. The van der Waals surface area contributed by atoms with Gasteiger partial charge in [-0.1, -0.05) is 12.1 Å². The summed E-state index contributed by atoms with van der Waals surface area (Å²) in [6.45, 7) is 2.99. The molecule has 0 unspecified atom stereocenters. The standard InChI is InChI=1S/C17H19F3N2O3/c18-17(19,20)25-13-3-1-12(2-4-13)16(22-9-7-21-8-10-22)15-6-5-14(11-23)24-15/h1-6,16,21,23H,7-11H2/t16-/m0/s1. The number of furan rings is 1. The molecule has 0 aliphatic carbocycles. The van der Waals surface area contributed by atoms with Crippen molar-refractivity contribution in [2.75, 3.05) is 26.2 Å². The zero-order valence-electron chi connectivity index (χ0n) is 13.4. The first-order chi connectivity index (χ1) is 12.0. The fourth-order valence-corrected chi connectivity index (χ4v) is 2.97. The predicted molar refractivity (Wildman–Crippen MR) is 84.0 cm³/mol. The lowest BCUT2D eigenvalue weighted by Crippen LogP contribution is -2.45. The van der Waals surface area contributed by atoms with E-state index in [1.54, 1.807) is 24.3 Å². The number of aliphatic hydroxyl groups excluding tert-OH is 1. The zero-order chi connectivity index (χ0) is 17.9. The highest BCUT2D eigenvalue weighted by atomic mass is 19.4. The van der Waals surface area contributed by atoms with Gasteiger partial charge in [-0.15, -0.1) is 13.2 Å². The van der Waals surface area contributed by atoms with E-state index in [4.69, 9.17) is 4.42 Å². The van der Waals surface area contributed by atoms with Crippen molar-refractivity contribution in [3.05, 3.63) is 53.5 Å². The Morgan fingerprint density at radius 1 is 1.12 bits per heavy atom. The lowest BCUT2D eigenvalue weighted by molar-refractivity contribution is -0.274. The number of nitrogens with zero attached hydrogens (tertiary/aromatic N) is 1. The lowest BCUT2D eigenvalue weighted by atomic mass is 10.0. The molecule has 1 atom stereocenters. The van der Waals surface area contributed by atoms with Crippen LogP contribution in [-0.2, 0) is 6.61 Å². The number of nitrogens with one attached hydrogen (secondary N) is 1. The van der Waals surface area contributed by atoms with E-state index in [0.717, 1.165) is 31.7 Å². The van der Waals surface area contributed by atoms with E-state index in [0.29, 0.717) is 11.5 Å². The first-order valence-corrected chi connectivity index (χ1v) is 7.96. The van der Waals surface area contributed by atoms with Crippen LogP contribution in [0.2, 0.25) is 0 Å². The third kappa shape index (κ3) is 4.53. The fraction of sp³-hybridized carbons (Fsp3) is 0.412. The Morgan fingerprint density at radius 3 is 2.36 bits per heavy atom. The van der Waals surface area contributed by atoms with Gasteiger partial charge in [0.1, 0.15) is 23.9 Å². The first kappa shape index (κ1) is 17.8. The van der Waals surface area contributed by atoms with Gasteiger partial charge in [-0.2, -0.15) is 0 Å². The molecule has 2 heterocycles. The van der Waals surface area contributed by atoms with Crippen LogP contribution in [0.15, 0.2) is 40.8 Å². The molecular formula is C17H19F3N2O3. The summed E-state index contributed by atoms with van der Waals surface area (Å²) in [5, 5.41) is 12.5. The number of benzene rings is 1. The number of rotatable bonds is 5. The van der Waals surface area contributed by atoms with Crippen LogP contribution < -0.4 is 10.1 Å². The van der Waals surface area contributed by atoms with Gasteiger partial charge in [-0.25, -0.2) is 0 Å². The molecule has 1 aliphatic rings. The van der Waals surface area contributed by atoms with Gasteiger partial charge in [0.05, 0.1) is 6.04 Å². The Hall–Kier alpha value is -2.03. The fourth-order valence-electron chi connectivity index (χ4n) is 2.97. The second-order valence-electron chi connectivity index (χ2n) is 5.77. The molecule has 2 N–H and O–H groups in total. The maximum atomic E-state index is 12.3. The van der Waals surface area contributed by atoms with Gasteiger partial charge in [0.15, 0.2) is 0 Å². The van der Waals surface area contributed by atoms with Crippen molar-refractivity contribution in [2.45, 2.75) is 19.0 Å². The normalized spacial score (nSPS) is 17.4. The third-order valence-electron chi connectivity index (χ3n) is 4.05. The summed E-state index contributed by atoms with van der Waals surface area (Å²) in [6, 6.07) is 9.07. The maximum absolute atomic E-state index is 12.3.